The molecule has 0 spiro atoms. The van der Waals surface area contributed by atoms with Gasteiger partial charge < -0.3 is 5.11 Å². The van der Waals surface area contributed by atoms with Crippen molar-refractivity contribution in [3.8, 4) is 0 Å². The molecule has 0 fully saturated rings. The van der Waals surface area contributed by atoms with Gasteiger partial charge in [-0.2, -0.15) is 0 Å². The summed E-state index contributed by atoms with van der Waals surface area (Å²) in [5.74, 6) is 1.92. The maximum absolute atomic E-state index is 12.7. The lowest BCUT2D eigenvalue weighted by Crippen LogP contribution is -2.32. The van der Waals surface area contributed by atoms with E-state index in [1.807, 2.05) is 6.92 Å². The molecule has 33 heavy (non-hydrogen) atoms. The summed E-state index contributed by atoms with van der Waals surface area (Å²) in [5, 5.41) is 10.8. The molecule has 0 amide bonds. The third-order valence-corrected chi connectivity index (χ3v) is 7.80. The lowest BCUT2D eigenvalue weighted by Gasteiger charge is -2.29. The lowest BCUT2D eigenvalue weighted by atomic mass is 9.81. The minimum atomic E-state index is -1.01. The zero-order valence-electron chi connectivity index (χ0n) is 22.5. The van der Waals surface area contributed by atoms with Gasteiger partial charge in [0.05, 0.1) is 6.10 Å². The minimum absolute atomic E-state index is 0.152. The predicted molar refractivity (Wildman–Crippen MR) is 141 cm³/mol. The molecule has 4 unspecified atom stereocenters. The highest BCUT2D eigenvalue weighted by atomic mass is 35.5. The van der Waals surface area contributed by atoms with Crippen LogP contribution < -0.4 is 0 Å². The Morgan fingerprint density at radius 1 is 0.758 bits per heavy atom. The number of allylic oxidation sites excluding steroid dienone is 3. The van der Waals surface area contributed by atoms with Gasteiger partial charge in [0.1, 0.15) is 0 Å². The van der Waals surface area contributed by atoms with E-state index in [0.29, 0.717) is 22.6 Å². The van der Waals surface area contributed by atoms with Gasteiger partial charge in [-0.15, -0.1) is 11.6 Å². The second-order valence-electron chi connectivity index (χ2n) is 11.4. The molecule has 1 aliphatic carbocycles. The van der Waals surface area contributed by atoms with Gasteiger partial charge in [-0.1, -0.05) is 79.1 Å². The number of aliphatic hydroxyl groups is 1. The molecule has 0 saturated carbocycles. The Labute approximate surface area is 208 Å². The van der Waals surface area contributed by atoms with Crippen molar-refractivity contribution in [2.24, 2.45) is 17.8 Å². The van der Waals surface area contributed by atoms with E-state index in [0.717, 1.165) is 31.1 Å². The largest absolute Gasteiger partial charge is 0.388 e. The minimum Gasteiger partial charge on any atom is -0.388 e. The molecule has 0 aliphatic heterocycles. The molecular weight excluding hydrogens is 432 g/mol. The molecule has 0 aromatic carbocycles. The number of ketones is 2. The smallest absolute Gasteiger partial charge is 0.188 e. The zero-order chi connectivity index (χ0) is 25.3. The van der Waals surface area contributed by atoms with Crippen molar-refractivity contribution >= 4 is 23.2 Å². The van der Waals surface area contributed by atoms with E-state index < -0.39 is 11.0 Å². The molecule has 0 saturated heterocycles. The Hall–Kier alpha value is -0.930. The molecule has 0 aromatic heterocycles. The number of aliphatic hydroxyl groups excluding tert-OH is 1. The van der Waals surface area contributed by atoms with Crippen molar-refractivity contribution in [1.82, 2.24) is 0 Å². The van der Waals surface area contributed by atoms with Gasteiger partial charge in [-0.25, -0.2) is 0 Å². The fraction of sp³-hybridized carbons (Fsp3) is 0.793. The van der Waals surface area contributed by atoms with Crippen LogP contribution in [0.1, 0.15) is 120 Å². The molecule has 0 radical (unpaired) electrons. The van der Waals surface area contributed by atoms with Gasteiger partial charge in [0.15, 0.2) is 11.6 Å². The molecule has 1 aliphatic rings. The monoisotopic (exact) mass is 480 g/mol. The molecule has 190 valence electrons. The lowest BCUT2D eigenvalue weighted by molar-refractivity contribution is -0.117. The van der Waals surface area contributed by atoms with Crippen LogP contribution in [0, 0.1) is 17.8 Å². The summed E-state index contributed by atoms with van der Waals surface area (Å²) in [6.07, 6.45) is 10.1. The van der Waals surface area contributed by atoms with Crippen LogP contribution in [-0.4, -0.2) is 27.7 Å². The van der Waals surface area contributed by atoms with Crippen LogP contribution in [0.4, 0.5) is 0 Å². The second-order valence-corrected chi connectivity index (χ2v) is 12.4. The van der Waals surface area contributed by atoms with E-state index in [-0.39, 0.29) is 23.6 Å². The van der Waals surface area contributed by atoms with E-state index in [1.54, 1.807) is 20.8 Å². The highest BCUT2D eigenvalue weighted by Crippen LogP contribution is 2.34. The van der Waals surface area contributed by atoms with Gasteiger partial charge in [-0.05, 0) is 58.3 Å². The number of hydrogen-bond donors (Lipinski definition) is 1. The normalized spacial score (nSPS) is 19.8. The maximum atomic E-state index is 12.7. The van der Waals surface area contributed by atoms with E-state index in [4.69, 9.17) is 11.6 Å². The van der Waals surface area contributed by atoms with Crippen LogP contribution in [-0.2, 0) is 9.59 Å². The van der Waals surface area contributed by atoms with Crippen LogP contribution >= 0.6 is 11.6 Å². The topological polar surface area (TPSA) is 54.4 Å². The molecule has 3 nitrogen and oxygen atoms in total. The van der Waals surface area contributed by atoms with Crippen molar-refractivity contribution in [3.63, 3.8) is 0 Å². The molecule has 4 atom stereocenters. The quantitative estimate of drug-likeness (QED) is 0.191. The Balaban J connectivity index is 2.41. The predicted octanol–water partition coefficient (Wildman–Crippen LogP) is 7.98. The first-order chi connectivity index (χ1) is 15.3. The van der Waals surface area contributed by atoms with Gasteiger partial charge in [-0.3, -0.25) is 9.59 Å². The molecule has 1 N–H and O–H groups in total. The SMILES string of the molecule is CC1=C(C)C(=O)C(C(O)CC(C)(Cl)CCCC(C)CCCC(C)CCCC(C)C)=C(C)C1=O. The third-order valence-electron chi connectivity index (χ3n) is 7.45. The highest BCUT2D eigenvalue weighted by Gasteiger charge is 2.35. The number of hydrogen-bond acceptors (Lipinski definition) is 3. The van der Waals surface area contributed by atoms with Crippen molar-refractivity contribution in [2.45, 2.75) is 131 Å². The first kappa shape index (κ1) is 30.1. The van der Waals surface area contributed by atoms with Gasteiger partial charge >= 0.3 is 0 Å². The Kier molecular flexibility index (Phi) is 12.6. The number of carbonyl (C=O) groups excluding carboxylic acids is 2. The van der Waals surface area contributed by atoms with Crippen LogP contribution in [0.15, 0.2) is 22.3 Å². The van der Waals surface area contributed by atoms with Gasteiger partial charge in [0.25, 0.3) is 0 Å². The number of Topliss-reactive ketones (excluding diaryl/α,β-unsaturated/α-hetero) is 2. The fourth-order valence-corrected chi connectivity index (χ4v) is 5.20. The van der Waals surface area contributed by atoms with Gasteiger partial charge in [0, 0.05) is 27.2 Å². The number of halogens is 1. The number of alkyl halides is 1. The Morgan fingerprint density at radius 3 is 1.73 bits per heavy atom. The van der Waals surface area contributed by atoms with Crippen molar-refractivity contribution in [2.75, 3.05) is 0 Å². The van der Waals surface area contributed by atoms with Crippen LogP contribution in [0.3, 0.4) is 0 Å². The average Bonchev–Trinajstić information content (AvgIpc) is 2.70. The van der Waals surface area contributed by atoms with Crippen LogP contribution in [0.5, 0.6) is 0 Å². The Bertz CT molecular complexity index is 729. The van der Waals surface area contributed by atoms with E-state index in [9.17, 15) is 14.7 Å². The maximum Gasteiger partial charge on any atom is 0.188 e. The summed E-state index contributed by atoms with van der Waals surface area (Å²) >= 11 is 6.76. The van der Waals surface area contributed by atoms with Crippen molar-refractivity contribution < 1.29 is 14.7 Å². The highest BCUT2D eigenvalue weighted by molar-refractivity contribution is 6.25. The number of rotatable bonds is 15. The van der Waals surface area contributed by atoms with E-state index >= 15 is 0 Å². The van der Waals surface area contributed by atoms with Crippen LogP contribution in [0.25, 0.3) is 0 Å². The van der Waals surface area contributed by atoms with Crippen molar-refractivity contribution in [1.29, 1.82) is 0 Å². The first-order valence-electron chi connectivity index (χ1n) is 13.1. The van der Waals surface area contributed by atoms with Gasteiger partial charge in [0.2, 0.25) is 0 Å². The summed E-state index contributed by atoms with van der Waals surface area (Å²) in [7, 11) is 0. The summed E-state index contributed by atoms with van der Waals surface area (Å²) in [6.45, 7) is 16.2. The number of carbonyl (C=O) groups is 2. The molecule has 0 bridgehead atoms. The average molecular weight is 481 g/mol. The molecule has 4 heteroatoms. The van der Waals surface area contributed by atoms with E-state index in [1.165, 1.54) is 38.5 Å². The summed E-state index contributed by atoms with van der Waals surface area (Å²) in [5.41, 5.74) is 1.49. The van der Waals surface area contributed by atoms with E-state index in [2.05, 4.69) is 27.7 Å². The summed E-state index contributed by atoms with van der Waals surface area (Å²) in [6, 6.07) is 0. The molecule has 0 heterocycles. The molecular formula is C29H49ClO3. The van der Waals surface area contributed by atoms with Crippen molar-refractivity contribution in [3.05, 3.63) is 22.3 Å². The molecule has 1 rings (SSSR count). The first-order valence-corrected chi connectivity index (χ1v) is 13.5. The summed E-state index contributed by atoms with van der Waals surface area (Å²) < 4.78 is 0. The molecule has 0 aromatic rings. The third kappa shape index (κ3) is 10.1. The fourth-order valence-electron chi connectivity index (χ4n) is 4.92. The standard InChI is InChI=1S/C29H49ClO3/c1-19(2)12-9-13-20(3)14-10-15-21(4)16-11-17-29(8,30)18-25(31)26-24(7)27(32)22(5)23(6)28(26)33/h19-21,25,31H,9-18H2,1-8H3. The second kappa shape index (κ2) is 13.8. The Morgan fingerprint density at radius 2 is 1.21 bits per heavy atom. The zero-order valence-corrected chi connectivity index (χ0v) is 23.3. The van der Waals surface area contributed by atoms with Crippen LogP contribution in [0.2, 0.25) is 0 Å². The summed E-state index contributed by atoms with van der Waals surface area (Å²) in [4.78, 5) is 24.5.